The van der Waals surface area contributed by atoms with Crippen molar-refractivity contribution in [2.75, 3.05) is 10.6 Å². The van der Waals surface area contributed by atoms with Gasteiger partial charge in [0.25, 0.3) is 0 Å². The normalized spacial score (nSPS) is 10.3. The standard InChI is InChI=1S/C23H22N2O2/c1-17-8-5-6-11-19(17)15-23(27)25-21-13-7-12-20(16-21)24-22(26)14-18-9-3-2-4-10-18/h2-13,16H,14-15H2,1H3,(H,24,26)(H,25,27). The number of amides is 2. The van der Waals surface area contributed by atoms with E-state index in [2.05, 4.69) is 10.6 Å². The summed E-state index contributed by atoms with van der Waals surface area (Å²) >= 11 is 0. The quantitative estimate of drug-likeness (QED) is 0.688. The molecule has 0 spiro atoms. The molecule has 0 aliphatic heterocycles. The Labute approximate surface area is 159 Å². The first-order valence-electron chi connectivity index (χ1n) is 8.88. The lowest BCUT2D eigenvalue weighted by Gasteiger charge is -2.10. The van der Waals surface area contributed by atoms with E-state index in [9.17, 15) is 9.59 Å². The maximum absolute atomic E-state index is 12.3. The Hall–Kier alpha value is -3.40. The molecular formula is C23H22N2O2. The van der Waals surface area contributed by atoms with Crippen LogP contribution in [0.15, 0.2) is 78.9 Å². The van der Waals surface area contributed by atoms with Gasteiger partial charge in [-0.3, -0.25) is 9.59 Å². The highest BCUT2D eigenvalue weighted by atomic mass is 16.2. The highest BCUT2D eigenvalue weighted by molar-refractivity contribution is 5.95. The van der Waals surface area contributed by atoms with E-state index in [0.717, 1.165) is 16.7 Å². The Bertz CT molecular complexity index is 936. The number of carbonyl (C=O) groups excluding carboxylic acids is 2. The van der Waals surface area contributed by atoms with Gasteiger partial charge in [0.15, 0.2) is 0 Å². The second-order valence-corrected chi connectivity index (χ2v) is 6.44. The molecule has 3 rings (SSSR count). The van der Waals surface area contributed by atoms with Crippen LogP contribution in [0.3, 0.4) is 0 Å². The number of aryl methyl sites for hydroxylation is 1. The van der Waals surface area contributed by atoms with Crippen LogP contribution in [-0.2, 0) is 22.4 Å². The van der Waals surface area contributed by atoms with Crippen LogP contribution in [0.1, 0.15) is 16.7 Å². The molecule has 0 bridgehead atoms. The summed E-state index contributed by atoms with van der Waals surface area (Å²) in [5.41, 5.74) is 4.37. The van der Waals surface area contributed by atoms with Crippen LogP contribution >= 0.6 is 0 Å². The highest BCUT2D eigenvalue weighted by Gasteiger charge is 2.08. The van der Waals surface area contributed by atoms with E-state index >= 15 is 0 Å². The molecule has 2 amide bonds. The fourth-order valence-electron chi connectivity index (χ4n) is 2.85. The van der Waals surface area contributed by atoms with E-state index in [0.29, 0.717) is 24.2 Å². The number of hydrogen-bond acceptors (Lipinski definition) is 2. The van der Waals surface area contributed by atoms with Crippen molar-refractivity contribution in [1.29, 1.82) is 0 Å². The lowest BCUT2D eigenvalue weighted by Crippen LogP contribution is -2.16. The molecule has 0 aromatic heterocycles. The van der Waals surface area contributed by atoms with Crippen molar-refractivity contribution in [3.8, 4) is 0 Å². The minimum atomic E-state index is -0.0930. The maximum atomic E-state index is 12.3. The van der Waals surface area contributed by atoms with Crippen LogP contribution in [0.4, 0.5) is 11.4 Å². The van der Waals surface area contributed by atoms with E-state index in [4.69, 9.17) is 0 Å². The van der Waals surface area contributed by atoms with Crippen molar-refractivity contribution in [3.63, 3.8) is 0 Å². The molecule has 3 aromatic rings. The summed E-state index contributed by atoms with van der Waals surface area (Å²) in [7, 11) is 0. The molecule has 2 N–H and O–H groups in total. The molecule has 27 heavy (non-hydrogen) atoms. The van der Waals surface area contributed by atoms with Gasteiger partial charge in [-0.2, -0.15) is 0 Å². The Morgan fingerprint density at radius 3 is 1.96 bits per heavy atom. The topological polar surface area (TPSA) is 58.2 Å². The summed E-state index contributed by atoms with van der Waals surface area (Å²) in [6.07, 6.45) is 0.627. The minimum absolute atomic E-state index is 0.0861. The van der Waals surface area contributed by atoms with Gasteiger partial charge in [0.2, 0.25) is 11.8 Å². The number of rotatable bonds is 6. The molecule has 3 aromatic carbocycles. The number of anilines is 2. The van der Waals surface area contributed by atoms with Gasteiger partial charge in [0.1, 0.15) is 0 Å². The third-order valence-corrected chi connectivity index (χ3v) is 4.25. The van der Waals surface area contributed by atoms with Crippen molar-refractivity contribution in [3.05, 3.63) is 95.6 Å². The first kappa shape index (κ1) is 18.4. The number of carbonyl (C=O) groups is 2. The summed E-state index contributed by atoms with van der Waals surface area (Å²) in [5, 5.41) is 5.76. The average molecular weight is 358 g/mol. The van der Waals surface area contributed by atoms with Crippen LogP contribution in [0.25, 0.3) is 0 Å². The van der Waals surface area contributed by atoms with Gasteiger partial charge in [-0.1, -0.05) is 60.7 Å². The number of benzene rings is 3. The van der Waals surface area contributed by atoms with Gasteiger partial charge in [-0.25, -0.2) is 0 Å². The molecule has 0 atom stereocenters. The first-order valence-corrected chi connectivity index (χ1v) is 8.88. The molecule has 0 aliphatic carbocycles. The summed E-state index contributed by atoms with van der Waals surface area (Å²) in [5.74, 6) is -0.179. The molecule has 0 fully saturated rings. The van der Waals surface area contributed by atoms with Gasteiger partial charge in [0, 0.05) is 11.4 Å². The predicted molar refractivity (Wildman–Crippen MR) is 109 cm³/mol. The van der Waals surface area contributed by atoms with Gasteiger partial charge in [0.05, 0.1) is 12.8 Å². The Kier molecular flexibility index (Phi) is 6.00. The maximum Gasteiger partial charge on any atom is 0.228 e. The molecule has 136 valence electrons. The molecule has 4 heteroatoms. The van der Waals surface area contributed by atoms with Crippen LogP contribution in [-0.4, -0.2) is 11.8 Å². The zero-order valence-corrected chi connectivity index (χ0v) is 15.2. The fourth-order valence-corrected chi connectivity index (χ4v) is 2.85. The molecule has 0 heterocycles. The smallest absolute Gasteiger partial charge is 0.228 e. The van der Waals surface area contributed by atoms with Crippen LogP contribution < -0.4 is 10.6 Å². The third kappa shape index (κ3) is 5.54. The lowest BCUT2D eigenvalue weighted by molar-refractivity contribution is -0.116. The monoisotopic (exact) mass is 358 g/mol. The Balaban J connectivity index is 1.59. The van der Waals surface area contributed by atoms with Gasteiger partial charge >= 0.3 is 0 Å². The largest absolute Gasteiger partial charge is 0.326 e. The molecule has 0 saturated heterocycles. The van der Waals surface area contributed by atoms with Crippen LogP contribution in [0, 0.1) is 6.92 Å². The van der Waals surface area contributed by atoms with Gasteiger partial charge < -0.3 is 10.6 Å². The summed E-state index contributed by atoms with van der Waals surface area (Å²) < 4.78 is 0. The Morgan fingerprint density at radius 2 is 1.30 bits per heavy atom. The second kappa shape index (κ2) is 8.81. The summed E-state index contributed by atoms with van der Waals surface area (Å²) in [4.78, 5) is 24.5. The lowest BCUT2D eigenvalue weighted by atomic mass is 10.1. The number of nitrogens with one attached hydrogen (secondary N) is 2. The highest BCUT2D eigenvalue weighted by Crippen LogP contribution is 2.16. The number of hydrogen-bond donors (Lipinski definition) is 2. The predicted octanol–water partition coefficient (Wildman–Crippen LogP) is 4.36. The van der Waals surface area contributed by atoms with E-state index in [-0.39, 0.29) is 11.8 Å². The van der Waals surface area contributed by atoms with Crippen LogP contribution in [0.5, 0.6) is 0 Å². The summed E-state index contributed by atoms with van der Waals surface area (Å²) in [6, 6.07) is 24.6. The van der Waals surface area contributed by atoms with Crippen molar-refractivity contribution in [1.82, 2.24) is 0 Å². The third-order valence-electron chi connectivity index (χ3n) is 4.25. The van der Waals surface area contributed by atoms with Gasteiger partial charge in [-0.05, 0) is 41.8 Å². The molecule has 0 radical (unpaired) electrons. The van der Waals surface area contributed by atoms with Gasteiger partial charge in [-0.15, -0.1) is 0 Å². The Morgan fingerprint density at radius 1 is 0.704 bits per heavy atom. The molecule has 0 saturated carbocycles. The fraction of sp³-hybridized carbons (Fsp3) is 0.130. The molecular weight excluding hydrogens is 336 g/mol. The minimum Gasteiger partial charge on any atom is -0.326 e. The zero-order chi connectivity index (χ0) is 19.1. The molecule has 0 aliphatic rings. The summed E-state index contributed by atoms with van der Waals surface area (Å²) in [6.45, 7) is 1.99. The zero-order valence-electron chi connectivity index (χ0n) is 15.2. The first-order chi connectivity index (χ1) is 13.1. The van der Waals surface area contributed by atoms with Crippen molar-refractivity contribution in [2.24, 2.45) is 0 Å². The SMILES string of the molecule is Cc1ccccc1CC(=O)Nc1cccc(NC(=O)Cc2ccccc2)c1. The van der Waals surface area contributed by atoms with E-state index in [1.54, 1.807) is 12.1 Å². The van der Waals surface area contributed by atoms with Crippen molar-refractivity contribution >= 4 is 23.2 Å². The van der Waals surface area contributed by atoms with Crippen molar-refractivity contribution < 1.29 is 9.59 Å². The van der Waals surface area contributed by atoms with Crippen LogP contribution in [0.2, 0.25) is 0 Å². The molecule has 0 unspecified atom stereocenters. The van der Waals surface area contributed by atoms with E-state index in [1.165, 1.54) is 0 Å². The van der Waals surface area contributed by atoms with E-state index in [1.807, 2.05) is 73.7 Å². The second-order valence-electron chi connectivity index (χ2n) is 6.44. The average Bonchev–Trinajstić information content (AvgIpc) is 2.64. The van der Waals surface area contributed by atoms with Crippen molar-refractivity contribution in [2.45, 2.75) is 19.8 Å². The van der Waals surface area contributed by atoms with E-state index < -0.39 is 0 Å². The molecule has 4 nitrogen and oxygen atoms in total.